The summed E-state index contributed by atoms with van der Waals surface area (Å²) in [6.45, 7) is 3.43. The molecule has 7 heteroatoms. The number of ether oxygens (including phenoxy) is 2. The summed E-state index contributed by atoms with van der Waals surface area (Å²) in [6, 6.07) is 25.9. The predicted molar refractivity (Wildman–Crippen MR) is 144 cm³/mol. The minimum atomic E-state index is -0.126. The molecule has 0 radical (unpaired) electrons. The third-order valence-corrected chi connectivity index (χ3v) is 7.02. The first kappa shape index (κ1) is 26.2. The largest absolute Gasteiger partial charge is 0.366 e. The summed E-state index contributed by atoms with van der Waals surface area (Å²) in [4.78, 5) is 17.6. The highest BCUT2D eigenvalue weighted by Gasteiger charge is 2.28. The van der Waals surface area contributed by atoms with Crippen LogP contribution in [0.25, 0.3) is 0 Å². The Balaban J connectivity index is 1.47. The van der Waals surface area contributed by atoms with E-state index in [9.17, 15) is 4.79 Å². The van der Waals surface area contributed by atoms with E-state index < -0.39 is 0 Å². The number of benzene rings is 3. The summed E-state index contributed by atoms with van der Waals surface area (Å²) in [5.41, 5.74) is 3.73. The Morgan fingerprint density at radius 1 is 1.11 bits per heavy atom. The molecular formula is C29H34ClN3O3. The van der Waals surface area contributed by atoms with E-state index in [2.05, 4.69) is 52.5 Å². The van der Waals surface area contributed by atoms with Crippen molar-refractivity contribution in [2.24, 2.45) is 0 Å². The molecule has 0 aromatic heterocycles. The number of halogens is 1. The molecule has 1 fully saturated rings. The lowest BCUT2D eigenvalue weighted by Crippen LogP contribution is -2.36. The number of carbonyl (C=O) groups is 1. The normalized spacial score (nSPS) is 16.6. The Kier molecular flexibility index (Phi) is 9.36. The fourth-order valence-corrected chi connectivity index (χ4v) is 4.80. The summed E-state index contributed by atoms with van der Waals surface area (Å²) in [6.07, 6.45) is 1.19. The van der Waals surface area contributed by atoms with Crippen LogP contribution < -0.4 is 10.2 Å². The van der Waals surface area contributed by atoms with Crippen LogP contribution in [0.1, 0.15) is 33.9 Å². The third kappa shape index (κ3) is 6.86. The number of nitrogens with zero attached hydrogens (tertiary/aromatic N) is 2. The van der Waals surface area contributed by atoms with Gasteiger partial charge in [0.05, 0.1) is 12.1 Å². The SMILES string of the molecule is COCO[C@H]1CCN(C[C@H](c2ccccc2)N(C)c2cccc(C(=O)NCc3ccccc3Cl)c2)C1. The number of hydrogen-bond acceptors (Lipinski definition) is 5. The summed E-state index contributed by atoms with van der Waals surface area (Å²) in [7, 11) is 3.74. The first-order valence-corrected chi connectivity index (χ1v) is 12.7. The van der Waals surface area contributed by atoms with Crippen LogP contribution in [-0.4, -0.2) is 57.5 Å². The predicted octanol–water partition coefficient (Wildman–Crippen LogP) is 5.14. The van der Waals surface area contributed by atoms with Crippen molar-refractivity contribution >= 4 is 23.2 Å². The molecule has 2 atom stereocenters. The Morgan fingerprint density at radius 3 is 2.67 bits per heavy atom. The van der Waals surface area contributed by atoms with Gasteiger partial charge in [-0.2, -0.15) is 0 Å². The molecule has 4 rings (SSSR count). The van der Waals surface area contributed by atoms with Crippen LogP contribution in [-0.2, 0) is 16.0 Å². The monoisotopic (exact) mass is 507 g/mol. The summed E-state index contributed by atoms with van der Waals surface area (Å²) < 4.78 is 10.9. The van der Waals surface area contributed by atoms with Crippen molar-refractivity contribution in [3.05, 3.63) is 101 Å². The Morgan fingerprint density at radius 2 is 1.89 bits per heavy atom. The Bertz CT molecular complexity index is 1130. The van der Waals surface area contributed by atoms with Crippen LogP contribution in [0, 0.1) is 0 Å². The van der Waals surface area contributed by atoms with E-state index in [-0.39, 0.29) is 18.1 Å². The maximum atomic E-state index is 12.9. The molecule has 190 valence electrons. The molecule has 0 spiro atoms. The zero-order valence-corrected chi connectivity index (χ0v) is 21.7. The second-order valence-electron chi connectivity index (χ2n) is 9.11. The highest BCUT2D eigenvalue weighted by Crippen LogP contribution is 2.29. The number of carbonyl (C=O) groups excluding carboxylic acids is 1. The summed E-state index contributed by atoms with van der Waals surface area (Å²) >= 11 is 6.24. The van der Waals surface area contributed by atoms with Crippen molar-refractivity contribution in [2.75, 3.05) is 45.5 Å². The minimum Gasteiger partial charge on any atom is -0.366 e. The molecule has 0 aliphatic carbocycles. The van der Waals surface area contributed by atoms with Crippen molar-refractivity contribution in [2.45, 2.75) is 25.1 Å². The number of likely N-dealkylation sites (N-methyl/N-ethyl adjacent to an activating group) is 1. The number of hydrogen-bond donors (Lipinski definition) is 1. The van der Waals surface area contributed by atoms with E-state index in [1.807, 2.05) is 48.5 Å². The van der Waals surface area contributed by atoms with Gasteiger partial charge in [-0.05, 0) is 41.8 Å². The number of rotatable bonds is 11. The van der Waals surface area contributed by atoms with E-state index in [0.29, 0.717) is 23.9 Å². The molecule has 0 unspecified atom stereocenters. The van der Waals surface area contributed by atoms with Gasteiger partial charge in [-0.1, -0.05) is 66.2 Å². The number of anilines is 1. The van der Waals surface area contributed by atoms with Crippen LogP contribution in [0.3, 0.4) is 0 Å². The van der Waals surface area contributed by atoms with Gasteiger partial charge in [-0.25, -0.2) is 0 Å². The van der Waals surface area contributed by atoms with Crippen molar-refractivity contribution < 1.29 is 14.3 Å². The van der Waals surface area contributed by atoms with E-state index in [1.165, 1.54) is 5.56 Å². The van der Waals surface area contributed by atoms with Gasteiger partial charge in [0.15, 0.2) is 0 Å². The highest BCUT2D eigenvalue weighted by atomic mass is 35.5. The van der Waals surface area contributed by atoms with Crippen LogP contribution >= 0.6 is 11.6 Å². The van der Waals surface area contributed by atoms with Crippen LogP contribution in [0.5, 0.6) is 0 Å². The lowest BCUT2D eigenvalue weighted by Gasteiger charge is -2.34. The van der Waals surface area contributed by atoms with Crippen molar-refractivity contribution in [1.82, 2.24) is 10.2 Å². The molecule has 1 N–H and O–H groups in total. The van der Waals surface area contributed by atoms with E-state index in [4.69, 9.17) is 21.1 Å². The van der Waals surface area contributed by atoms with Crippen LogP contribution in [0.4, 0.5) is 5.69 Å². The third-order valence-electron chi connectivity index (χ3n) is 6.65. The van der Waals surface area contributed by atoms with E-state index in [0.717, 1.165) is 37.3 Å². The smallest absolute Gasteiger partial charge is 0.251 e. The number of amides is 1. The number of nitrogens with one attached hydrogen (secondary N) is 1. The van der Waals surface area contributed by atoms with Crippen LogP contribution in [0.2, 0.25) is 5.02 Å². The number of likely N-dealkylation sites (tertiary alicyclic amines) is 1. The molecule has 3 aromatic carbocycles. The maximum absolute atomic E-state index is 12.9. The standard InChI is InChI=1S/C29H34ClN3O3/c1-32(25-13-8-12-23(17-25)29(34)31-18-24-11-6-7-14-27(24)30)28(22-9-4-3-5-10-22)20-33-16-15-26(19-33)36-21-35-2/h3-14,17,26,28H,15-16,18-21H2,1-2H3,(H,31,34)/t26-,28+/m0/s1. The summed E-state index contributed by atoms with van der Waals surface area (Å²) in [5.74, 6) is -0.126. The first-order valence-electron chi connectivity index (χ1n) is 12.3. The zero-order chi connectivity index (χ0) is 25.3. The molecule has 3 aromatic rings. The van der Waals surface area contributed by atoms with Gasteiger partial charge in [0, 0.05) is 56.6 Å². The molecule has 0 saturated carbocycles. The van der Waals surface area contributed by atoms with Gasteiger partial charge in [0.25, 0.3) is 5.91 Å². The maximum Gasteiger partial charge on any atom is 0.251 e. The van der Waals surface area contributed by atoms with Gasteiger partial charge < -0.3 is 19.7 Å². The van der Waals surface area contributed by atoms with Gasteiger partial charge in [0.1, 0.15) is 6.79 Å². The fourth-order valence-electron chi connectivity index (χ4n) is 4.60. The minimum absolute atomic E-state index is 0.119. The van der Waals surface area contributed by atoms with Crippen molar-refractivity contribution in [3.8, 4) is 0 Å². The van der Waals surface area contributed by atoms with Gasteiger partial charge in [0.2, 0.25) is 0 Å². The first-order chi connectivity index (χ1) is 17.5. The fraction of sp³-hybridized carbons (Fsp3) is 0.345. The molecule has 1 heterocycles. The molecule has 1 amide bonds. The highest BCUT2D eigenvalue weighted by molar-refractivity contribution is 6.31. The number of methoxy groups -OCH3 is 1. The molecule has 1 saturated heterocycles. The van der Waals surface area contributed by atoms with Gasteiger partial charge in [-0.15, -0.1) is 0 Å². The van der Waals surface area contributed by atoms with Gasteiger partial charge in [-0.3, -0.25) is 9.69 Å². The molecule has 1 aliphatic heterocycles. The molecule has 1 aliphatic rings. The topological polar surface area (TPSA) is 54.0 Å². The molecule has 6 nitrogen and oxygen atoms in total. The molecular weight excluding hydrogens is 474 g/mol. The lowest BCUT2D eigenvalue weighted by molar-refractivity contribution is -0.0671. The average Bonchev–Trinajstić information content (AvgIpc) is 3.37. The van der Waals surface area contributed by atoms with E-state index in [1.54, 1.807) is 7.11 Å². The Hall–Kier alpha value is -2.90. The summed E-state index contributed by atoms with van der Waals surface area (Å²) in [5, 5.41) is 3.64. The molecule has 0 bridgehead atoms. The Labute approximate surface area is 218 Å². The zero-order valence-electron chi connectivity index (χ0n) is 20.9. The van der Waals surface area contributed by atoms with Gasteiger partial charge >= 0.3 is 0 Å². The second-order valence-corrected chi connectivity index (χ2v) is 9.51. The van der Waals surface area contributed by atoms with Crippen molar-refractivity contribution in [3.63, 3.8) is 0 Å². The van der Waals surface area contributed by atoms with Crippen LogP contribution in [0.15, 0.2) is 78.9 Å². The average molecular weight is 508 g/mol. The van der Waals surface area contributed by atoms with Crippen molar-refractivity contribution in [1.29, 1.82) is 0 Å². The molecule has 36 heavy (non-hydrogen) atoms. The quantitative estimate of drug-likeness (QED) is 0.364. The second kappa shape index (κ2) is 12.9. The van der Waals surface area contributed by atoms with E-state index >= 15 is 0 Å². The lowest BCUT2D eigenvalue weighted by atomic mass is 10.0.